The number of aryl methyl sites for hydroxylation is 1. The Morgan fingerprint density at radius 2 is 1.83 bits per heavy atom. The van der Waals surface area contributed by atoms with E-state index in [1.54, 1.807) is 13.3 Å². The molecule has 2 aromatic carbocycles. The van der Waals surface area contributed by atoms with Crippen LogP contribution in [0.2, 0.25) is 0 Å². The van der Waals surface area contributed by atoms with Crippen LogP contribution in [0, 0.1) is 0 Å². The van der Waals surface area contributed by atoms with Crippen LogP contribution < -0.4 is 10.1 Å². The molecule has 152 valence electrons. The lowest BCUT2D eigenvalue weighted by molar-refractivity contribution is -0.116. The van der Waals surface area contributed by atoms with Gasteiger partial charge in [0.25, 0.3) is 0 Å². The van der Waals surface area contributed by atoms with Crippen molar-refractivity contribution in [2.24, 2.45) is 0 Å². The van der Waals surface area contributed by atoms with Crippen molar-refractivity contribution in [2.75, 3.05) is 12.4 Å². The van der Waals surface area contributed by atoms with E-state index < -0.39 is 0 Å². The number of benzene rings is 2. The lowest BCUT2D eigenvalue weighted by Crippen LogP contribution is -2.13. The van der Waals surface area contributed by atoms with Gasteiger partial charge in [0, 0.05) is 19.0 Å². The van der Waals surface area contributed by atoms with Crippen LogP contribution in [0.1, 0.15) is 24.2 Å². The number of aromatic nitrogens is 3. The fourth-order valence-corrected chi connectivity index (χ4v) is 3.50. The predicted octanol–water partition coefficient (Wildman–Crippen LogP) is 4.45. The van der Waals surface area contributed by atoms with Crippen LogP contribution >= 0.6 is 0 Å². The van der Waals surface area contributed by atoms with Crippen LogP contribution in [0.5, 0.6) is 5.75 Å². The maximum Gasteiger partial charge on any atom is 0.224 e. The summed E-state index contributed by atoms with van der Waals surface area (Å²) in [6.45, 7) is 0.705. The number of hydrogen-bond donors (Lipinski definition) is 1. The Bertz CT molecular complexity index is 1140. The second-order valence-electron chi connectivity index (χ2n) is 7.05. The Balaban J connectivity index is 1.45. The molecule has 0 bridgehead atoms. The maximum absolute atomic E-state index is 12.4. The van der Waals surface area contributed by atoms with Crippen LogP contribution in [0.25, 0.3) is 11.2 Å². The second-order valence-corrected chi connectivity index (χ2v) is 7.05. The van der Waals surface area contributed by atoms with Crippen molar-refractivity contribution in [3.63, 3.8) is 0 Å². The molecule has 30 heavy (non-hydrogen) atoms. The Morgan fingerprint density at radius 3 is 2.67 bits per heavy atom. The van der Waals surface area contributed by atoms with Gasteiger partial charge in [0.15, 0.2) is 5.65 Å². The van der Waals surface area contributed by atoms with E-state index in [0.29, 0.717) is 37.2 Å². The quantitative estimate of drug-likeness (QED) is 0.474. The first-order chi connectivity index (χ1) is 14.7. The zero-order chi connectivity index (χ0) is 20.8. The van der Waals surface area contributed by atoms with E-state index in [2.05, 4.69) is 27.0 Å². The summed E-state index contributed by atoms with van der Waals surface area (Å²) in [5.41, 5.74) is 3.62. The number of nitrogens with one attached hydrogen (secondary N) is 1. The van der Waals surface area contributed by atoms with E-state index in [1.165, 1.54) is 5.56 Å². The van der Waals surface area contributed by atoms with Gasteiger partial charge in [0.2, 0.25) is 5.91 Å². The Hall–Kier alpha value is -3.67. The van der Waals surface area contributed by atoms with Gasteiger partial charge < -0.3 is 14.6 Å². The second kappa shape index (κ2) is 9.22. The highest BCUT2D eigenvalue weighted by Gasteiger charge is 2.13. The normalized spacial score (nSPS) is 10.8. The van der Waals surface area contributed by atoms with Crippen LogP contribution in [-0.2, 0) is 17.8 Å². The average molecular weight is 400 g/mol. The smallest absolute Gasteiger partial charge is 0.224 e. The number of carbonyl (C=O) groups is 1. The molecule has 0 fully saturated rings. The molecule has 4 aromatic rings. The monoisotopic (exact) mass is 400 g/mol. The third-order valence-electron chi connectivity index (χ3n) is 4.95. The molecule has 2 aromatic heterocycles. The fraction of sp³-hybridized carbons (Fsp3) is 0.208. The first kappa shape index (κ1) is 19.6. The molecule has 0 aliphatic heterocycles. The summed E-state index contributed by atoms with van der Waals surface area (Å²) in [6.07, 6.45) is 3.58. The van der Waals surface area contributed by atoms with Gasteiger partial charge >= 0.3 is 0 Å². The summed E-state index contributed by atoms with van der Waals surface area (Å²) < 4.78 is 7.43. The van der Waals surface area contributed by atoms with Crippen molar-refractivity contribution in [3.05, 3.63) is 84.3 Å². The van der Waals surface area contributed by atoms with Gasteiger partial charge in [-0.05, 0) is 36.2 Å². The first-order valence-corrected chi connectivity index (χ1v) is 10.0. The van der Waals surface area contributed by atoms with E-state index in [1.807, 2.05) is 54.6 Å². The van der Waals surface area contributed by atoms with E-state index in [0.717, 1.165) is 17.0 Å². The summed E-state index contributed by atoms with van der Waals surface area (Å²) in [4.78, 5) is 21.7. The van der Waals surface area contributed by atoms with Crippen molar-refractivity contribution in [1.82, 2.24) is 14.5 Å². The largest absolute Gasteiger partial charge is 0.495 e. The molecule has 0 spiro atoms. The van der Waals surface area contributed by atoms with E-state index in [-0.39, 0.29) is 5.91 Å². The molecule has 6 nitrogen and oxygen atoms in total. The summed E-state index contributed by atoms with van der Waals surface area (Å²) in [5.74, 6) is 1.56. The minimum absolute atomic E-state index is 0.0386. The fourth-order valence-electron chi connectivity index (χ4n) is 3.50. The molecule has 0 aliphatic rings. The molecule has 1 N–H and O–H groups in total. The number of nitrogens with zero attached hydrogens (tertiary/aromatic N) is 3. The van der Waals surface area contributed by atoms with Gasteiger partial charge in [-0.2, -0.15) is 0 Å². The molecule has 0 saturated carbocycles. The number of hydrogen-bond acceptors (Lipinski definition) is 4. The van der Waals surface area contributed by atoms with Crippen molar-refractivity contribution in [2.45, 2.75) is 25.8 Å². The molecular formula is C24H24N4O2. The van der Waals surface area contributed by atoms with Gasteiger partial charge in [0.1, 0.15) is 17.1 Å². The molecular weight excluding hydrogens is 376 g/mol. The SMILES string of the molecule is COc1ccccc1NC(=O)CCCc1nc2cccnc2n1Cc1ccccc1. The highest BCUT2D eigenvalue weighted by molar-refractivity contribution is 5.92. The van der Waals surface area contributed by atoms with Crippen LogP contribution in [-0.4, -0.2) is 27.6 Å². The number of carbonyl (C=O) groups excluding carboxylic acids is 1. The third-order valence-corrected chi connectivity index (χ3v) is 4.95. The number of anilines is 1. The van der Waals surface area contributed by atoms with E-state index in [4.69, 9.17) is 9.72 Å². The molecule has 0 aliphatic carbocycles. The van der Waals surface area contributed by atoms with Gasteiger partial charge in [-0.1, -0.05) is 42.5 Å². The summed E-state index contributed by atoms with van der Waals surface area (Å²) >= 11 is 0. The third kappa shape index (κ3) is 4.49. The van der Waals surface area contributed by atoms with Crippen LogP contribution in [0.3, 0.4) is 0 Å². The highest BCUT2D eigenvalue weighted by atomic mass is 16.5. The molecule has 0 saturated heterocycles. The maximum atomic E-state index is 12.4. The standard InChI is InChI=1S/C24H24N4O2/c1-30-21-13-6-5-11-19(21)27-23(29)15-7-14-22-26-20-12-8-16-25-24(20)28(22)17-18-9-3-2-4-10-18/h2-6,8-13,16H,7,14-15,17H2,1H3,(H,27,29). The van der Waals surface area contributed by atoms with Gasteiger partial charge in [-0.25, -0.2) is 9.97 Å². The Kier molecular flexibility index (Phi) is 6.03. The number of pyridine rings is 1. The summed E-state index contributed by atoms with van der Waals surface area (Å²) in [7, 11) is 1.59. The molecule has 0 radical (unpaired) electrons. The van der Waals surface area contributed by atoms with Crippen molar-refractivity contribution in [3.8, 4) is 5.75 Å². The highest BCUT2D eigenvalue weighted by Crippen LogP contribution is 2.23. The average Bonchev–Trinajstić information content (AvgIpc) is 3.12. The number of para-hydroxylation sites is 2. The number of fused-ring (bicyclic) bond motifs is 1. The van der Waals surface area contributed by atoms with Crippen molar-refractivity contribution in [1.29, 1.82) is 0 Å². The molecule has 4 rings (SSSR count). The van der Waals surface area contributed by atoms with E-state index in [9.17, 15) is 4.79 Å². The number of imidazole rings is 1. The van der Waals surface area contributed by atoms with Gasteiger partial charge in [-0.15, -0.1) is 0 Å². The molecule has 0 atom stereocenters. The molecule has 0 unspecified atom stereocenters. The zero-order valence-electron chi connectivity index (χ0n) is 16.9. The molecule has 1 amide bonds. The predicted molar refractivity (Wildman–Crippen MR) is 118 cm³/mol. The number of ether oxygens (including phenoxy) is 1. The minimum Gasteiger partial charge on any atom is -0.495 e. The molecule has 6 heteroatoms. The van der Waals surface area contributed by atoms with E-state index >= 15 is 0 Å². The van der Waals surface area contributed by atoms with Gasteiger partial charge in [0.05, 0.1) is 19.3 Å². The lowest BCUT2D eigenvalue weighted by atomic mass is 10.2. The Labute approximate surface area is 175 Å². The number of amides is 1. The lowest BCUT2D eigenvalue weighted by Gasteiger charge is -2.10. The topological polar surface area (TPSA) is 69.0 Å². The minimum atomic E-state index is -0.0386. The van der Waals surface area contributed by atoms with Crippen LogP contribution in [0.4, 0.5) is 5.69 Å². The Morgan fingerprint density at radius 1 is 1.03 bits per heavy atom. The summed E-state index contributed by atoms with van der Waals surface area (Å²) in [5, 5.41) is 2.93. The van der Waals surface area contributed by atoms with Gasteiger partial charge in [-0.3, -0.25) is 4.79 Å². The first-order valence-electron chi connectivity index (χ1n) is 10.0. The van der Waals surface area contributed by atoms with Crippen LogP contribution in [0.15, 0.2) is 72.9 Å². The number of methoxy groups -OCH3 is 1. The van der Waals surface area contributed by atoms with Crippen molar-refractivity contribution < 1.29 is 9.53 Å². The molecule has 2 heterocycles. The zero-order valence-corrected chi connectivity index (χ0v) is 16.9. The number of rotatable bonds is 8. The van der Waals surface area contributed by atoms with Crippen molar-refractivity contribution >= 4 is 22.8 Å². The summed E-state index contributed by atoms with van der Waals surface area (Å²) in [6, 6.07) is 21.5.